The van der Waals surface area contributed by atoms with Gasteiger partial charge in [0.25, 0.3) is 0 Å². The molecule has 0 saturated heterocycles. The van der Waals surface area contributed by atoms with Gasteiger partial charge in [0.2, 0.25) is 0 Å². The minimum absolute atomic E-state index is 0.381. The van der Waals surface area contributed by atoms with Crippen LogP contribution in [0.25, 0.3) is 0 Å². The molecular weight excluding hydrogens is 168 g/mol. The number of ether oxygens (including phenoxy) is 1. The molecule has 0 aromatic rings. The zero-order chi connectivity index (χ0) is 8.86. The first-order valence-corrected chi connectivity index (χ1v) is 5.26. The van der Waals surface area contributed by atoms with Crippen LogP contribution in [0.15, 0.2) is 12.7 Å². The highest BCUT2D eigenvalue weighted by Crippen LogP contribution is 2.39. The Morgan fingerprint density at radius 3 is 2.58 bits per heavy atom. The van der Waals surface area contributed by atoms with Gasteiger partial charge in [0, 0.05) is 5.41 Å². The van der Waals surface area contributed by atoms with Crippen molar-refractivity contribution in [1.29, 1.82) is 0 Å². The molecule has 2 heteroatoms. The SMILES string of the molecule is C=CCOCC1(CS)CCCC1. The minimum atomic E-state index is 0.381. The summed E-state index contributed by atoms with van der Waals surface area (Å²) >= 11 is 4.40. The van der Waals surface area contributed by atoms with E-state index in [2.05, 4.69) is 19.2 Å². The molecule has 0 radical (unpaired) electrons. The lowest BCUT2D eigenvalue weighted by atomic mass is 9.90. The minimum Gasteiger partial charge on any atom is -0.377 e. The highest BCUT2D eigenvalue weighted by Gasteiger charge is 2.32. The fourth-order valence-corrected chi connectivity index (χ4v) is 2.24. The van der Waals surface area contributed by atoms with Crippen LogP contribution in [0, 0.1) is 5.41 Å². The van der Waals surface area contributed by atoms with Crippen molar-refractivity contribution in [2.45, 2.75) is 25.7 Å². The molecular formula is C10H18OS. The first kappa shape index (κ1) is 10.1. The molecule has 0 heterocycles. The third-order valence-electron chi connectivity index (χ3n) is 2.64. The Hall–Kier alpha value is 0.0500. The largest absolute Gasteiger partial charge is 0.377 e. The Kier molecular flexibility index (Phi) is 4.16. The Morgan fingerprint density at radius 2 is 2.08 bits per heavy atom. The van der Waals surface area contributed by atoms with E-state index in [1.807, 2.05) is 0 Å². The van der Waals surface area contributed by atoms with E-state index in [0.29, 0.717) is 12.0 Å². The summed E-state index contributed by atoms with van der Waals surface area (Å²) in [6.07, 6.45) is 7.07. The van der Waals surface area contributed by atoms with Crippen LogP contribution in [0.5, 0.6) is 0 Å². The second kappa shape index (κ2) is 4.93. The molecule has 0 atom stereocenters. The van der Waals surface area contributed by atoms with Crippen molar-refractivity contribution in [2.75, 3.05) is 19.0 Å². The Labute approximate surface area is 80.6 Å². The third kappa shape index (κ3) is 2.53. The number of thiol groups is 1. The van der Waals surface area contributed by atoms with Gasteiger partial charge >= 0.3 is 0 Å². The quantitative estimate of drug-likeness (QED) is 0.394. The lowest BCUT2D eigenvalue weighted by Crippen LogP contribution is -2.25. The van der Waals surface area contributed by atoms with Crippen molar-refractivity contribution >= 4 is 12.6 Å². The van der Waals surface area contributed by atoms with Crippen LogP contribution < -0.4 is 0 Å². The molecule has 0 aromatic carbocycles. The maximum atomic E-state index is 5.49. The predicted octanol–water partition coefficient (Wildman–Crippen LogP) is 2.68. The fourth-order valence-electron chi connectivity index (χ4n) is 1.83. The van der Waals surface area contributed by atoms with Crippen molar-refractivity contribution in [2.24, 2.45) is 5.41 Å². The molecule has 0 N–H and O–H groups in total. The molecule has 12 heavy (non-hydrogen) atoms. The Balaban J connectivity index is 2.28. The maximum absolute atomic E-state index is 5.49. The summed E-state index contributed by atoms with van der Waals surface area (Å²) in [6, 6.07) is 0. The van der Waals surface area contributed by atoms with E-state index in [0.717, 1.165) is 12.4 Å². The van der Waals surface area contributed by atoms with Gasteiger partial charge in [-0.3, -0.25) is 0 Å². The molecule has 1 nitrogen and oxygen atoms in total. The topological polar surface area (TPSA) is 9.23 Å². The number of hydrogen-bond acceptors (Lipinski definition) is 2. The zero-order valence-electron chi connectivity index (χ0n) is 7.59. The van der Waals surface area contributed by atoms with Crippen LogP contribution in [-0.4, -0.2) is 19.0 Å². The first-order valence-electron chi connectivity index (χ1n) is 4.62. The van der Waals surface area contributed by atoms with Crippen molar-refractivity contribution < 1.29 is 4.74 Å². The first-order chi connectivity index (χ1) is 5.83. The second-order valence-electron chi connectivity index (χ2n) is 3.67. The van der Waals surface area contributed by atoms with Gasteiger partial charge in [-0.05, 0) is 18.6 Å². The lowest BCUT2D eigenvalue weighted by molar-refractivity contribution is 0.0771. The summed E-state index contributed by atoms with van der Waals surface area (Å²) in [6.45, 7) is 5.17. The second-order valence-corrected chi connectivity index (χ2v) is 3.99. The van der Waals surface area contributed by atoms with Crippen molar-refractivity contribution in [1.82, 2.24) is 0 Å². The van der Waals surface area contributed by atoms with Gasteiger partial charge in [-0.1, -0.05) is 18.9 Å². The maximum Gasteiger partial charge on any atom is 0.0645 e. The molecule has 1 saturated carbocycles. The third-order valence-corrected chi connectivity index (χ3v) is 3.31. The zero-order valence-corrected chi connectivity index (χ0v) is 8.48. The molecule has 1 rings (SSSR count). The van der Waals surface area contributed by atoms with E-state index in [1.54, 1.807) is 6.08 Å². The molecule has 70 valence electrons. The smallest absolute Gasteiger partial charge is 0.0645 e. The van der Waals surface area contributed by atoms with Crippen LogP contribution in [0.2, 0.25) is 0 Å². The van der Waals surface area contributed by atoms with E-state index in [9.17, 15) is 0 Å². The van der Waals surface area contributed by atoms with E-state index in [4.69, 9.17) is 4.74 Å². The molecule has 1 aliphatic carbocycles. The van der Waals surface area contributed by atoms with Crippen LogP contribution >= 0.6 is 12.6 Å². The summed E-state index contributed by atoms with van der Waals surface area (Å²) in [5.41, 5.74) is 0.381. The summed E-state index contributed by atoms with van der Waals surface area (Å²) in [7, 11) is 0. The van der Waals surface area contributed by atoms with Crippen molar-refractivity contribution in [3.05, 3.63) is 12.7 Å². The normalized spacial score (nSPS) is 21.1. The number of rotatable bonds is 5. The van der Waals surface area contributed by atoms with Gasteiger partial charge in [0.1, 0.15) is 0 Å². The van der Waals surface area contributed by atoms with Crippen molar-refractivity contribution in [3.8, 4) is 0 Å². The summed E-state index contributed by atoms with van der Waals surface area (Å²) in [4.78, 5) is 0. The van der Waals surface area contributed by atoms with E-state index < -0.39 is 0 Å². The summed E-state index contributed by atoms with van der Waals surface area (Å²) in [5, 5.41) is 0. The Bertz CT molecular complexity index is 139. The van der Waals surface area contributed by atoms with E-state index in [1.165, 1.54) is 25.7 Å². The molecule has 1 aliphatic rings. The molecule has 0 bridgehead atoms. The molecule has 0 aromatic heterocycles. The predicted molar refractivity (Wildman–Crippen MR) is 55.8 cm³/mol. The van der Waals surface area contributed by atoms with Gasteiger partial charge in [0.15, 0.2) is 0 Å². The molecule has 0 unspecified atom stereocenters. The summed E-state index contributed by atoms with van der Waals surface area (Å²) in [5.74, 6) is 0.962. The molecule has 1 fully saturated rings. The van der Waals surface area contributed by atoms with Gasteiger partial charge in [-0.2, -0.15) is 12.6 Å². The monoisotopic (exact) mass is 186 g/mol. The van der Waals surface area contributed by atoms with Gasteiger partial charge in [-0.25, -0.2) is 0 Å². The molecule has 0 aliphatic heterocycles. The van der Waals surface area contributed by atoms with Gasteiger partial charge in [0.05, 0.1) is 13.2 Å². The average molecular weight is 186 g/mol. The van der Waals surface area contributed by atoms with Gasteiger partial charge in [-0.15, -0.1) is 6.58 Å². The van der Waals surface area contributed by atoms with E-state index >= 15 is 0 Å². The molecule has 0 amide bonds. The van der Waals surface area contributed by atoms with Gasteiger partial charge < -0.3 is 4.74 Å². The standard InChI is InChI=1S/C10H18OS/c1-2-7-11-8-10(9-12)5-3-4-6-10/h2,12H,1,3-9H2. The van der Waals surface area contributed by atoms with Crippen molar-refractivity contribution in [3.63, 3.8) is 0 Å². The van der Waals surface area contributed by atoms with E-state index in [-0.39, 0.29) is 0 Å². The number of hydrogen-bond donors (Lipinski definition) is 1. The molecule has 0 spiro atoms. The highest BCUT2D eigenvalue weighted by atomic mass is 32.1. The fraction of sp³-hybridized carbons (Fsp3) is 0.800. The Morgan fingerprint density at radius 1 is 1.42 bits per heavy atom. The van der Waals surface area contributed by atoms with Crippen LogP contribution in [0.3, 0.4) is 0 Å². The highest BCUT2D eigenvalue weighted by molar-refractivity contribution is 7.80. The average Bonchev–Trinajstić information content (AvgIpc) is 2.55. The lowest BCUT2D eigenvalue weighted by Gasteiger charge is -2.26. The van der Waals surface area contributed by atoms with Crippen LogP contribution in [0.1, 0.15) is 25.7 Å². The summed E-state index contributed by atoms with van der Waals surface area (Å²) < 4.78 is 5.49. The van der Waals surface area contributed by atoms with Crippen LogP contribution in [-0.2, 0) is 4.74 Å². The van der Waals surface area contributed by atoms with Crippen LogP contribution in [0.4, 0.5) is 0 Å².